The van der Waals surface area contributed by atoms with Crippen molar-refractivity contribution in [1.29, 1.82) is 0 Å². The third-order valence-corrected chi connectivity index (χ3v) is 8.44. The molecule has 0 saturated heterocycles. The van der Waals surface area contributed by atoms with Gasteiger partial charge in [0.25, 0.3) is 0 Å². The van der Waals surface area contributed by atoms with E-state index in [-0.39, 0.29) is 31.2 Å². The minimum Gasteiger partial charge on any atom is -0.480 e. The van der Waals surface area contributed by atoms with Crippen molar-refractivity contribution in [2.24, 2.45) is 11.8 Å². The highest BCUT2D eigenvalue weighted by molar-refractivity contribution is 5.79. The summed E-state index contributed by atoms with van der Waals surface area (Å²) in [5, 5.41) is 15.6. The third-order valence-electron chi connectivity index (χ3n) is 8.44. The number of anilines is 1. The minimum absolute atomic E-state index is 0.0624. The number of carbonyl (C=O) groups excluding carboxylic acids is 1. The molecule has 8 heteroatoms. The highest BCUT2D eigenvalue weighted by Gasteiger charge is 2.31. The van der Waals surface area contributed by atoms with E-state index in [2.05, 4.69) is 34.6 Å². The summed E-state index contributed by atoms with van der Waals surface area (Å²) in [4.78, 5) is 29.2. The first-order chi connectivity index (χ1) is 20.0. The molecule has 8 nitrogen and oxygen atoms in total. The Morgan fingerprint density at radius 3 is 2.76 bits per heavy atom. The van der Waals surface area contributed by atoms with Gasteiger partial charge < -0.3 is 25.2 Å². The molecular formula is C33H41N3O5. The summed E-state index contributed by atoms with van der Waals surface area (Å²) in [5.41, 5.74) is 3.37. The van der Waals surface area contributed by atoms with Crippen LogP contribution in [0.1, 0.15) is 74.6 Å². The smallest absolute Gasteiger partial charge is 0.408 e. The first-order valence-corrected chi connectivity index (χ1v) is 15.1. The molecule has 3 N–H and O–H groups in total. The van der Waals surface area contributed by atoms with Crippen molar-refractivity contribution >= 4 is 17.9 Å². The van der Waals surface area contributed by atoms with Gasteiger partial charge in [0.05, 0.1) is 12.0 Å². The topological polar surface area (TPSA) is 110 Å². The lowest BCUT2D eigenvalue weighted by Crippen LogP contribution is -2.44. The molecular weight excluding hydrogens is 518 g/mol. The summed E-state index contributed by atoms with van der Waals surface area (Å²) in [6.45, 7) is 1.27. The molecule has 1 aliphatic heterocycles. The van der Waals surface area contributed by atoms with Crippen LogP contribution in [0.3, 0.4) is 0 Å². The Morgan fingerprint density at radius 2 is 1.93 bits per heavy atom. The molecule has 2 fully saturated rings. The number of hydrogen-bond donors (Lipinski definition) is 3. The molecule has 1 aromatic carbocycles. The number of alkyl carbamates (subject to hydrolysis) is 1. The highest BCUT2D eigenvalue weighted by atomic mass is 16.6. The maximum Gasteiger partial charge on any atom is 0.408 e. The number of aliphatic carboxylic acids is 1. The first kappa shape index (κ1) is 28.9. The van der Waals surface area contributed by atoms with Gasteiger partial charge >= 0.3 is 12.1 Å². The van der Waals surface area contributed by atoms with Crippen molar-refractivity contribution in [2.45, 2.75) is 88.9 Å². The van der Waals surface area contributed by atoms with E-state index in [9.17, 15) is 14.7 Å². The van der Waals surface area contributed by atoms with Crippen molar-refractivity contribution in [2.75, 3.05) is 18.5 Å². The molecule has 2 aromatic rings. The van der Waals surface area contributed by atoms with Gasteiger partial charge in [-0.2, -0.15) is 0 Å². The number of nitrogens with zero attached hydrogens (tertiary/aromatic N) is 1. The predicted octanol–water partition coefficient (Wildman–Crippen LogP) is 5.35. The third kappa shape index (κ3) is 8.46. The minimum atomic E-state index is -1.09. The van der Waals surface area contributed by atoms with Crippen molar-refractivity contribution < 1.29 is 24.2 Å². The summed E-state index contributed by atoms with van der Waals surface area (Å²) in [6.07, 6.45) is 9.12. The van der Waals surface area contributed by atoms with E-state index in [4.69, 9.17) is 14.5 Å². The van der Waals surface area contributed by atoms with Gasteiger partial charge in [-0.3, -0.25) is 0 Å². The van der Waals surface area contributed by atoms with Gasteiger partial charge in [0.1, 0.15) is 18.0 Å². The number of rotatable bonds is 10. The molecule has 2 saturated carbocycles. The quantitative estimate of drug-likeness (QED) is 0.337. The average molecular weight is 560 g/mol. The number of benzene rings is 1. The fourth-order valence-corrected chi connectivity index (χ4v) is 5.93. The molecule has 218 valence electrons. The van der Waals surface area contributed by atoms with Gasteiger partial charge in [-0.25, -0.2) is 14.6 Å². The number of aryl methyl sites for hydroxylation is 2. The van der Waals surface area contributed by atoms with Crippen molar-refractivity contribution in [3.05, 3.63) is 59.3 Å². The number of carboxylic acids is 1. The lowest BCUT2D eigenvalue weighted by atomic mass is 9.79. The number of ether oxygens (including phenoxy) is 2. The van der Waals surface area contributed by atoms with Crippen molar-refractivity contribution in [3.63, 3.8) is 0 Å². The van der Waals surface area contributed by atoms with Crippen LogP contribution in [0.25, 0.3) is 0 Å². The van der Waals surface area contributed by atoms with Gasteiger partial charge in [-0.1, -0.05) is 42.5 Å². The standard InChI is InChI=1S/C33H41N3O5/c37-32(38)29(36-33(39)41-30-11-5-4-9-25(30)14-12-23-7-2-1-3-8-23)18-20-40-28-21-24(22-28)13-16-27-17-15-26-10-6-19-34-31(26)35-27/h1-3,7-8,15,17,24-25,28-30H,4-6,9-11,13,16,18-22H2,(H,34,35)(H,36,39)(H,37,38)/t24-,25?,28-,29-,30+/m0/s1. The normalized spacial score (nSPS) is 23.9. The van der Waals surface area contributed by atoms with Crippen molar-refractivity contribution in [1.82, 2.24) is 10.3 Å². The molecule has 3 aliphatic rings. The number of carboxylic acid groups (broad SMARTS) is 1. The second-order valence-electron chi connectivity index (χ2n) is 11.5. The summed E-state index contributed by atoms with van der Waals surface area (Å²) in [6, 6.07) is 13.0. The van der Waals surface area contributed by atoms with Crippen LogP contribution in [-0.4, -0.2) is 53.6 Å². The molecule has 1 aromatic heterocycles. The Kier molecular flexibility index (Phi) is 10.1. The molecule has 0 radical (unpaired) electrons. The fraction of sp³-hybridized carbons (Fsp3) is 0.545. The molecule has 1 unspecified atom stereocenters. The second kappa shape index (κ2) is 14.4. The molecule has 2 aliphatic carbocycles. The van der Waals surface area contributed by atoms with E-state index < -0.39 is 18.1 Å². The zero-order valence-corrected chi connectivity index (χ0v) is 23.6. The molecule has 0 bridgehead atoms. The van der Waals surface area contributed by atoms with Gasteiger partial charge in [0.15, 0.2) is 0 Å². The lowest BCUT2D eigenvalue weighted by Gasteiger charge is -2.35. The van der Waals surface area contributed by atoms with E-state index in [0.29, 0.717) is 5.92 Å². The number of nitrogens with one attached hydrogen (secondary N) is 2. The van der Waals surface area contributed by atoms with E-state index in [1.807, 2.05) is 30.3 Å². The van der Waals surface area contributed by atoms with E-state index >= 15 is 0 Å². The zero-order chi connectivity index (χ0) is 28.4. The second-order valence-corrected chi connectivity index (χ2v) is 11.5. The Morgan fingerprint density at radius 1 is 1.10 bits per heavy atom. The molecule has 2 heterocycles. The highest BCUT2D eigenvalue weighted by Crippen LogP contribution is 2.34. The maximum absolute atomic E-state index is 12.6. The van der Waals surface area contributed by atoms with E-state index in [1.54, 1.807) is 0 Å². The Labute approximate surface area is 242 Å². The zero-order valence-electron chi connectivity index (χ0n) is 23.6. The van der Waals surface area contributed by atoms with E-state index in [1.165, 1.54) is 5.56 Å². The molecule has 0 spiro atoms. The van der Waals surface area contributed by atoms with Crippen LogP contribution in [0.5, 0.6) is 0 Å². The number of aromatic nitrogens is 1. The van der Waals surface area contributed by atoms with Gasteiger partial charge in [-0.15, -0.1) is 0 Å². The number of hydrogen-bond acceptors (Lipinski definition) is 6. The van der Waals surface area contributed by atoms with Crippen LogP contribution in [0.4, 0.5) is 10.6 Å². The summed E-state index contributed by atoms with van der Waals surface area (Å²) >= 11 is 0. The summed E-state index contributed by atoms with van der Waals surface area (Å²) < 4.78 is 11.6. The van der Waals surface area contributed by atoms with Crippen LogP contribution in [0, 0.1) is 23.7 Å². The van der Waals surface area contributed by atoms with Crippen molar-refractivity contribution in [3.8, 4) is 11.8 Å². The van der Waals surface area contributed by atoms with Crippen LogP contribution < -0.4 is 10.6 Å². The first-order valence-electron chi connectivity index (χ1n) is 15.1. The van der Waals surface area contributed by atoms with Gasteiger partial charge in [-0.05, 0) is 87.5 Å². The maximum atomic E-state index is 12.6. The predicted molar refractivity (Wildman–Crippen MR) is 157 cm³/mol. The molecule has 41 heavy (non-hydrogen) atoms. The number of carbonyl (C=O) groups is 2. The Balaban J connectivity index is 1.00. The van der Waals surface area contributed by atoms with Crippen LogP contribution in [0.15, 0.2) is 42.5 Å². The fourth-order valence-electron chi connectivity index (χ4n) is 5.93. The molecule has 5 rings (SSSR count). The Bertz CT molecular complexity index is 1230. The van der Waals surface area contributed by atoms with Crippen LogP contribution in [-0.2, 0) is 27.1 Å². The SMILES string of the molecule is O=C(N[C@@H](CCO[C@H]1C[C@H](CCc2ccc3c(n2)NCCC3)C1)C(=O)O)O[C@@H]1CCCCC1C#Cc1ccccc1. The summed E-state index contributed by atoms with van der Waals surface area (Å²) in [5.74, 6) is 6.94. The molecule has 1 amide bonds. The Hall–Kier alpha value is -3.57. The van der Waals surface area contributed by atoms with Crippen LogP contribution in [0.2, 0.25) is 0 Å². The monoisotopic (exact) mass is 559 g/mol. The lowest BCUT2D eigenvalue weighted by molar-refractivity contribution is -0.140. The van der Waals surface area contributed by atoms with E-state index in [0.717, 1.165) is 87.8 Å². The molecule has 3 atom stereocenters. The van der Waals surface area contributed by atoms with Gasteiger partial charge in [0, 0.05) is 30.8 Å². The van der Waals surface area contributed by atoms with Crippen LogP contribution >= 0.6 is 0 Å². The number of amides is 1. The number of pyridine rings is 1. The summed E-state index contributed by atoms with van der Waals surface area (Å²) in [7, 11) is 0. The average Bonchev–Trinajstić information content (AvgIpc) is 2.97. The number of fused-ring (bicyclic) bond motifs is 1. The largest absolute Gasteiger partial charge is 0.480 e. The van der Waals surface area contributed by atoms with Gasteiger partial charge in [0.2, 0.25) is 0 Å².